The Hall–Kier alpha value is -0.860. The van der Waals surface area contributed by atoms with E-state index in [1.54, 1.807) is 0 Å². The van der Waals surface area contributed by atoms with Gasteiger partial charge in [-0.2, -0.15) is 0 Å². The van der Waals surface area contributed by atoms with Crippen LogP contribution in [0.3, 0.4) is 0 Å². The SMILES string of the molecule is CC(C)(N)CCN1Cc2ccccc2C1. The van der Waals surface area contributed by atoms with Gasteiger partial charge in [0.15, 0.2) is 0 Å². The zero-order valence-corrected chi connectivity index (χ0v) is 9.66. The number of hydrogen-bond acceptors (Lipinski definition) is 2. The molecule has 2 rings (SSSR count). The molecule has 0 spiro atoms. The van der Waals surface area contributed by atoms with E-state index in [0.29, 0.717) is 0 Å². The van der Waals surface area contributed by atoms with Crippen LogP contribution in [0.2, 0.25) is 0 Å². The first-order chi connectivity index (χ1) is 7.04. The molecule has 1 aromatic rings. The fraction of sp³-hybridized carbons (Fsp3) is 0.538. The van der Waals surface area contributed by atoms with E-state index in [0.717, 1.165) is 26.1 Å². The zero-order valence-electron chi connectivity index (χ0n) is 9.66. The van der Waals surface area contributed by atoms with Crippen LogP contribution in [0.5, 0.6) is 0 Å². The third kappa shape index (κ3) is 2.80. The summed E-state index contributed by atoms with van der Waals surface area (Å²) in [5.41, 5.74) is 8.90. The van der Waals surface area contributed by atoms with E-state index in [-0.39, 0.29) is 5.54 Å². The monoisotopic (exact) mass is 204 g/mol. The molecule has 0 aromatic heterocycles. The van der Waals surface area contributed by atoms with Crippen molar-refractivity contribution >= 4 is 0 Å². The van der Waals surface area contributed by atoms with Crippen molar-refractivity contribution in [2.45, 2.75) is 38.9 Å². The van der Waals surface area contributed by atoms with E-state index in [2.05, 4.69) is 43.0 Å². The summed E-state index contributed by atoms with van der Waals surface area (Å²) >= 11 is 0. The number of nitrogens with zero attached hydrogens (tertiary/aromatic N) is 1. The second-order valence-electron chi connectivity index (χ2n) is 5.22. The van der Waals surface area contributed by atoms with Gasteiger partial charge in [0.2, 0.25) is 0 Å². The summed E-state index contributed by atoms with van der Waals surface area (Å²) in [6, 6.07) is 8.69. The number of rotatable bonds is 3. The molecule has 2 heteroatoms. The topological polar surface area (TPSA) is 29.3 Å². The highest BCUT2D eigenvalue weighted by Gasteiger charge is 2.20. The Morgan fingerprint density at radius 3 is 2.20 bits per heavy atom. The molecular weight excluding hydrogens is 184 g/mol. The Morgan fingerprint density at radius 2 is 1.73 bits per heavy atom. The van der Waals surface area contributed by atoms with Gasteiger partial charge in [0.1, 0.15) is 0 Å². The van der Waals surface area contributed by atoms with Crippen LogP contribution in [0.25, 0.3) is 0 Å². The van der Waals surface area contributed by atoms with Crippen molar-refractivity contribution < 1.29 is 0 Å². The molecule has 0 fully saturated rings. The first-order valence-corrected chi connectivity index (χ1v) is 5.63. The van der Waals surface area contributed by atoms with Crippen LogP contribution in [0.4, 0.5) is 0 Å². The number of nitrogens with two attached hydrogens (primary N) is 1. The zero-order chi connectivity index (χ0) is 10.9. The van der Waals surface area contributed by atoms with E-state index < -0.39 is 0 Å². The summed E-state index contributed by atoms with van der Waals surface area (Å²) in [5, 5.41) is 0. The molecule has 0 amide bonds. The largest absolute Gasteiger partial charge is 0.326 e. The normalized spacial score (nSPS) is 16.7. The lowest BCUT2D eigenvalue weighted by Gasteiger charge is -2.22. The molecule has 0 bridgehead atoms. The van der Waals surface area contributed by atoms with E-state index in [9.17, 15) is 0 Å². The molecule has 0 atom stereocenters. The number of fused-ring (bicyclic) bond motifs is 1. The molecular formula is C13H20N2. The Labute approximate surface area is 92.1 Å². The predicted molar refractivity (Wildman–Crippen MR) is 63.4 cm³/mol. The minimum atomic E-state index is -0.0469. The highest BCUT2D eigenvalue weighted by Crippen LogP contribution is 2.22. The molecule has 0 radical (unpaired) electrons. The molecule has 0 unspecified atom stereocenters. The average Bonchev–Trinajstić information content (AvgIpc) is 2.56. The fourth-order valence-corrected chi connectivity index (χ4v) is 2.01. The molecule has 1 aliphatic heterocycles. The van der Waals surface area contributed by atoms with Crippen LogP contribution in [0.1, 0.15) is 31.4 Å². The van der Waals surface area contributed by atoms with E-state index in [4.69, 9.17) is 5.73 Å². The van der Waals surface area contributed by atoms with Gasteiger partial charge in [-0.15, -0.1) is 0 Å². The molecule has 2 N–H and O–H groups in total. The van der Waals surface area contributed by atoms with Gasteiger partial charge in [0.25, 0.3) is 0 Å². The van der Waals surface area contributed by atoms with Crippen molar-refractivity contribution in [3.05, 3.63) is 35.4 Å². The third-order valence-corrected chi connectivity index (χ3v) is 2.98. The van der Waals surface area contributed by atoms with E-state index >= 15 is 0 Å². The minimum Gasteiger partial charge on any atom is -0.326 e. The first kappa shape index (κ1) is 10.7. The van der Waals surface area contributed by atoms with Gasteiger partial charge in [-0.3, -0.25) is 4.90 Å². The summed E-state index contributed by atoms with van der Waals surface area (Å²) < 4.78 is 0. The van der Waals surface area contributed by atoms with E-state index in [1.807, 2.05) is 0 Å². The Balaban J connectivity index is 1.91. The molecule has 1 aromatic carbocycles. The Morgan fingerprint density at radius 1 is 1.20 bits per heavy atom. The quantitative estimate of drug-likeness (QED) is 0.817. The number of hydrogen-bond donors (Lipinski definition) is 1. The highest BCUT2D eigenvalue weighted by molar-refractivity contribution is 5.30. The fourth-order valence-electron chi connectivity index (χ4n) is 2.01. The molecule has 0 saturated carbocycles. The standard InChI is InChI=1S/C13H20N2/c1-13(2,14)7-8-15-9-11-5-3-4-6-12(11)10-15/h3-6H,7-10,14H2,1-2H3. The lowest BCUT2D eigenvalue weighted by molar-refractivity contribution is 0.255. The second kappa shape index (κ2) is 3.95. The van der Waals surface area contributed by atoms with Crippen LogP contribution in [-0.4, -0.2) is 17.0 Å². The molecule has 2 nitrogen and oxygen atoms in total. The Bertz CT molecular complexity index is 314. The lowest BCUT2D eigenvalue weighted by atomic mass is 10.0. The molecule has 1 heterocycles. The summed E-state index contributed by atoms with van der Waals surface area (Å²) in [7, 11) is 0. The molecule has 15 heavy (non-hydrogen) atoms. The van der Waals surface area contributed by atoms with Gasteiger partial charge < -0.3 is 5.73 Å². The van der Waals surface area contributed by atoms with Crippen molar-refractivity contribution in [2.24, 2.45) is 5.73 Å². The predicted octanol–water partition coefficient (Wildman–Crippen LogP) is 2.13. The van der Waals surface area contributed by atoms with Gasteiger partial charge in [-0.25, -0.2) is 0 Å². The van der Waals surface area contributed by atoms with Gasteiger partial charge in [0.05, 0.1) is 0 Å². The summed E-state index contributed by atoms with van der Waals surface area (Å²) in [4.78, 5) is 2.47. The van der Waals surface area contributed by atoms with Gasteiger partial charge in [0, 0.05) is 25.2 Å². The summed E-state index contributed by atoms with van der Waals surface area (Å²) in [5.74, 6) is 0. The maximum Gasteiger partial charge on any atom is 0.0240 e. The van der Waals surface area contributed by atoms with Gasteiger partial charge in [-0.1, -0.05) is 24.3 Å². The smallest absolute Gasteiger partial charge is 0.0240 e. The maximum atomic E-state index is 5.99. The molecule has 82 valence electrons. The number of benzene rings is 1. The lowest BCUT2D eigenvalue weighted by Crippen LogP contribution is -2.36. The molecule has 1 aliphatic rings. The maximum absolute atomic E-state index is 5.99. The minimum absolute atomic E-state index is 0.0469. The van der Waals surface area contributed by atoms with Crippen molar-refractivity contribution in [3.63, 3.8) is 0 Å². The molecule has 0 aliphatic carbocycles. The molecule has 0 saturated heterocycles. The van der Waals surface area contributed by atoms with Gasteiger partial charge >= 0.3 is 0 Å². The second-order valence-corrected chi connectivity index (χ2v) is 5.22. The van der Waals surface area contributed by atoms with Crippen LogP contribution in [0.15, 0.2) is 24.3 Å². The van der Waals surface area contributed by atoms with Crippen molar-refractivity contribution in [1.82, 2.24) is 4.90 Å². The van der Waals surface area contributed by atoms with Gasteiger partial charge in [-0.05, 0) is 31.4 Å². The summed E-state index contributed by atoms with van der Waals surface area (Å²) in [6.45, 7) is 7.46. The van der Waals surface area contributed by atoms with Crippen molar-refractivity contribution in [2.75, 3.05) is 6.54 Å². The Kier molecular flexibility index (Phi) is 2.81. The van der Waals surface area contributed by atoms with E-state index in [1.165, 1.54) is 11.1 Å². The first-order valence-electron chi connectivity index (χ1n) is 5.63. The average molecular weight is 204 g/mol. The summed E-state index contributed by atoms with van der Waals surface area (Å²) in [6.07, 6.45) is 1.06. The van der Waals surface area contributed by atoms with Crippen LogP contribution >= 0.6 is 0 Å². The van der Waals surface area contributed by atoms with Crippen LogP contribution in [0, 0.1) is 0 Å². The van der Waals surface area contributed by atoms with Crippen molar-refractivity contribution in [1.29, 1.82) is 0 Å². The van der Waals surface area contributed by atoms with Crippen LogP contribution < -0.4 is 5.73 Å². The van der Waals surface area contributed by atoms with Crippen molar-refractivity contribution in [3.8, 4) is 0 Å². The third-order valence-electron chi connectivity index (χ3n) is 2.98. The highest BCUT2D eigenvalue weighted by atomic mass is 15.1. The van der Waals surface area contributed by atoms with Crippen LogP contribution in [-0.2, 0) is 13.1 Å².